The standard InChI is InChI=1S/C12H14F2OS2/c1-7-2-3-8(13)10(11(7)14)12(15)9-6-16-4-5-17-9/h2-3,9,12,15H,4-6H2,1H3. The molecule has 5 heteroatoms. The van der Waals surface area contributed by atoms with Crippen LogP contribution in [-0.4, -0.2) is 27.6 Å². The van der Waals surface area contributed by atoms with Crippen molar-refractivity contribution >= 4 is 23.5 Å². The zero-order chi connectivity index (χ0) is 12.4. The predicted octanol–water partition coefficient (Wildman–Crippen LogP) is 3.16. The quantitative estimate of drug-likeness (QED) is 0.896. The molecule has 0 spiro atoms. The van der Waals surface area contributed by atoms with Gasteiger partial charge in [0.25, 0.3) is 0 Å². The van der Waals surface area contributed by atoms with Gasteiger partial charge in [-0.15, -0.1) is 0 Å². The first-order chi connectivity index (χ1) is 8.11. The Kier molecular flexibility index (Phi) is 4.33. The largest absolute Gasteiger partial charge is 0.387 e. The molecule has 17 heavy (non-hydrogen) atoms. The monoisotopic (exact) mass is 276 g/mol. The molecule has 0 aromatic heterocycles. The van der Waals surface area contributed by atoms with Gasteiger partial charge >= 0.3 is 0 Å². The summed E-state index contributed by atoms with van der Waals surface area (Å²) in [7, 11) is 0. The maximum absolute atomic E-state index is 13.9. The highest BCUT2D eigenvalue weighted by molar-refractivity contribution is 8.06. The summed E-state index contributed by atoms with van der Waals surface area (Å²) in [6, 6.07) is 2.61. The molecule has 94 valence electrons. The Labute approximate surface area is 108 Å². The van der Waals surface area contributed by atoms with E-state index in [2.05, 4.69) is 0 Å². The Morgan fingerprint density at radius 3 is 2.76 bits per heavy atom. The third kappa shape index (κ3) is 2.77. The molecule has 2 atom stereocenters. The van der Waals surface area contributed by atoms with E-state index in [9.17, 15) is 13.9 Å². The van der Waals surface area contributed by atoms with E-state index in [4.69, 9.17) is 0 Å². The van der Waals surface area contributed by atoms with Crippen LogP contribution in [0.15, 0.2) is 12.1 Å². The van der Waals surface area contributed by atoms with Gasteiger partial charge in [0.1, 0.15) is 11.6 Å². The van der Waals surface area contributed by atoms with Crippen LogP contribution in [0, 0.1) is 18.6 Å². The minimum absolute atomic E-state index is 0.125. The molecule has 0 bridgehead atoms. The SMILES string of the molecule is Cc1ccc(F)c(C(O)C2CSCCS2)c1F. The van der Waals surface area contributed by atoms with Gasteiger partial charge in [0.2, 0.25) is 0 Å². The molecule has 2 rings (SSSR count). The number of aliphatic hydroxyl groups excluding tert-OH is 1. The molecule has 1 heterocycles. The van der Waals surface area contributed by atoms with Gasteiger partial charge in [-0.25, -0.2) is 8.78 Å². The van der Waals surface area contributed by atoms with Crippen molar-refractivity contribution in [1.82, 2.24) is 0 Å². The van der Waals surface area contributed by atoms with Crippen molar-refractivity contribution in [3.05, 3.63) is 34.9 Å². The smallest absolute Gasteiger partial charge is 0.134 e. The van der Waals surface area contributed by atoms with Gasteiger partial charge in [0.05, 0.1) is 11.7 Å². The van der Waals surface area contributed by atoms with E-state index in [1.54, 1.807) is 30.4 Å². The molecule has 1 aromatic rings. The molecular weight excluding hydrogens is 262 g/mol. The molecule has 1 nitrogen and oxygen atoms in total. The summed E-state index contributed by atoms with van der Waals surface area (Å²) in [5, 5.41) is 9.99. The first-order valence-corrected chi connectivity index (χ1v) is 7.63. The van der Waals surface area contributed by atoms with Gasteiger partial charge in [0, 0.05) is 22.5 Å². The minimum Gasteiger partial charge on any atom is -0.387 e. The summed E-state index contributed by atoms with van der Waals surface area (Å²) in [4.78, 5) is 0. The fourth-order valence-corrected chi connectivity index (χ4v) is 4.56. The lowest BCUT2D eigenvalue weighted by Crippen LogP contribution is -2.24. The van der Waals surface area contributed by atoms with Crippen molar-refractivity contribution in [2.75, 3.05) is 17.3 Å². The lowest BCUT2D eigenvalue weighted by Gasteiger charge is -2.26. The van der Waals surface area contributed by atoms with Crippen LogP contribution in [0.3, 0.4) is 0 Å². The molecule has 0 amide bonds. The third-order valence-electron chi connectivity index (χ3n) is 2.81. The summed E-state index contributed by atoms with van der Waals surface area (Å²) >= 11 is 3.30. The second kappa shape index (κ2) is 5.59. The van der Waals surface area contributed by atoms with Crippen LogP contribution >= 0.6 is 23.5 Å². The fraction of sp³-hybridized carbons (Fsp3) is 0.500. The second-order valence-corrected chi connectivity index (χ2v) is 6.52. The molecule has 0 saturated carbocycles. The van der Waals surface area contributed by atoms with Gasteiger partial charge in [-0.05, 0) is 18.6 Å². The lowest BCUT2D eigenvalue weighted by molar-refractivity contribution is 0.170. The molecule has 0 aliphatic carbocycles. The number of aliphatic hydroxyl groups is 1. The van der Waals surface area contributed by atoms with E-state index in [1.165, 1.54) is 12.1 Å². The van der Waals surface area contributed by atoms with Gasteiger partial charge in [-0.3, -0.25) is 0 Å². The first-order valence-electron chi connectivity index (χ1n) is 5.43. The van der Waals surface area contributed by atoms with Crippen molar-refractivity contribution in [1.29, 1.82) is 0 Å². The van der Waals surface area contributed by atoms with Crippen LogP contribution in [0.25, 0.3) is 0 Å². The van der Waals surface area contributed by atoms with Gasteiger partial charge in [-0.2, -0.15) is 23.5 Å². The average Bonchev–Trinajstić information content (AvgIpc) is 2.35. The van der Waals surface area contributed by atoms with E-state index in [0.29, 0.717) is 5.56 Å². The highest BCUT2D eigenvalue weighted by atomic mass is 32.2. The normalized spacial score (nSPS) is 22.5. The fourth-order valence-electron chi connectivity index (χ4n) is 1.82. The van der Waals surface area contributed by atoms with Crippen LogP contribution in [0.2, 0.25) is 0 Å². The Morgan fingerprint density at radius 1 is 1.35 bits per heavy atom. The number of aryl methyl sites for hydroxylation is 1. The van der Waals surface area contributed by atoms with Crippen LogP contribution in [-0.2, 0) is 0 Å². The number of rotatable bonds is 2. The van der Waals surface area contributed by atoms with Gasteiger partial charge in [0.15, 0.2) is 0 Å². The third-order valence-corrected chi connectivity index (χ3v) is 5.66. The maximum Gasteiger partial charge on any atom is 0.134 e. The summed E-state index contributed by atoms with van der Waals surface area (Å²) in [6.07, 6.45) is -1.06. The number of halogens is 2. The molecule has 1 aliphatic heterocycles. The molecular formula is C12H14F2OS2. The second-order valence-electron chi connectivity index (χ2n) is 4.02. The summed E-state index contributed by atoms with van der Waals surface area (Å²) < 4.78 is 27.5. The Morgan fingerprint density at radius 2 is 2.12 bits per heavy atom. The highest BCUT2D eigenvalue weighted by Crippen LogP contribution is 2.35. The molecule has 1 aliphatic rings. The Bertz CT molecular complexity index is 406. The van der Waals surface area contributed by atoms with Gasteiger partial charge in [-0.1, -0.05) is 6.07 Å². The predicted molar refractivity (Wildman–Crippen MR) is 69.6 cm³/mol. The molecule has 1 saturated heterocycles. The molecule has 2 unspecified atom stereocenters. The summed E-state index contributed by atoms with van der Waals surface area (Å²) in [6.45, 7) is 1.58. The van der Waals surface area contributed by atoms with Crippen LogP contribution in [0.5, 0.6) is 0 Å². The number of thioether (sulfide) groups is 2. The van der Waals surface area contributed by atoms with E-state index in [-0.39, 0.29) is 10.8 Å². The first kappa shape index (κ1) is 13.2. The van der Waals surface area contributed by atoms with Crippen molar-refractivity contribution in [2.45, 2.75) is 18.3 Å². The van der Waals surface area contributed by atoms with E-state index >= 15 is 0 Å². The van der Waals surface area contributed by atoms with Crippen LogP contribution in [0.1, 0.15) is 17.2 Å². The highest BCUT2D eigenvalue weighted by Gasteiger charge is 2.29. The summed E-state index contributed by atoms with van der Waals surface area (Å²) in [5.74, 6) is 1.41. The number of benzene rings is 1. The van der Waals surface area contributed by atoms with Crippen molar-refractivity contribution in [3.63, 3.8) is 0 Å². The van der Waals surface area contributed by atoms with Crippen molar-refractivity contribution in [3.8, 4) is 0 Å². The van der Waals surface area contributed by atoms with Crippen LogP contribution in [0.4, 0.5) is 8.78 Å². The summed E-state index contributed by atoms with van der Waals surface area (Å²) in [5.41, 5.74) is 0.193. The molecule has 1 fully saturated rings. The number of hydrogen-bond donors (Lipinski definition) is 1. The maximum atomic E-state index is 13.9. The lowest BCUT2D eigenvalue weighted by atomic mass is 10.0. The average molecular weight is 276 g/mol. The minimum atomic E-state index is -1.06. The van der Waals surface area contributed by atoms with E-state index in [1.807, 2.05) is 0 Å². The Hall–Kier alpha value is -0.260. The zero-order valence-electron chi connectivity index (χ0n) is 9.45. The van der Waals surface area contributed by atoms with Crippen LogP contribution < -0.4 is 0 Å². The van der Waals surface area contributed by atoms with E-state index in [0.717, 1.165) is 17.3 Å². The van der Waals surface area contributed by atoms with Crippen molar-refractivity contribution in [2.24, 2.45) is 0 Å². The molecule has 1 N–H and O–H groups in total. The van der Waals surface area contributed by atoms with E-state index < -0.39 is 17.7 Å². The Balaban J connectivity index is 2.29. The topological polar surface area (TPSA) is 20.2 Å². The molecule has 0 radical (unpaired) electrons. The molecule has 1 aromatic carbocycles. The van der Waals surface area contributed by atoms with Gasteiger partial charge < -0.3 is 5.11 Å². The zero-order valence-corrected chi connectivity index (χ0v) is 11.1. The number of hydrogen-bond acceptors (Lipinski definition) is 3. The van der Waals surface area contributed by atoms with Crippen molar-refractivity contribution < 1.29 is 13.9 Å².